The number of halogens is 1. The highest BCUT2D eigenvalue weighted by Gasteiger charge is 2.18. The van der Waals surface area contributed by atoms with Gasteiger partial charge in [-0.15, -0.1) is 0 Å². The molecule has 4 heteroatoms. The molecule has 1 heterocycles. The van der Waals surface area contributed by atoms with Crippen LogP contribution in [0.5, 0.6) is 5.75 Å². The fourth-order valence-electron chi connectivity index (χ4n) is 2.01. The monoisotopic (exact) mass is 321 g/mol. The minimum absolute atomic E-state index is 0.602. The van der Waals surface area contributed by atoms with E-state index < -0.39 is 6.10 Å². The SMILES string of the molecule is COc1c(C(O)c2ccc(Br)cn2)ccc(C)c1C. The van der Waals surface area contributed by atoms with Gasteiger partial charge in [-0.2, -0.15) is 0 Å². The summed E-state index contributed by atoms with van der Waals surface area (Å²) in [4.78, 5) is 4.23. The maximum absolute atomic E-state index is 10.5. The highest BCUT2D eigenvalue weighted by atomic mass is 79.9. The van der Waals surface area contributed by atoms with Crippen LogP contribution in [0.3, 0.4) is 0 Å². The van der Waals surface area contributed by atoms with Crippen molar-refractivity contribution in [2.45, 2.75) is 20.0 Å². The van der Waals surface area contributed by atoms with Gasteiger partial charge in [0.15, 0.2) is 0 Å². The molecule has 0 saturated heterocycles. The number of ether oxygens (including phenoxy) is 1. The average Bonchev–Trinajstić information content (AvgIpc) is 2.41. The third-order valence-electron chi connectivity index (χ3n) is 3.24. The molecule has 0 amide bonds. The van der Waals surface area contributed by atoms with Gasteiger partial charge in [0, 0.05) is 16.2 Å². The average molecular weight is 322 g/mol. The quantitative estimate of drug-likeness (QED) is 0.940. The van der Waals surface area contributed by atoms with Crippen molar-refractivity contribution in [2.24, 2.45) is 0 Å². The Hall–Kier alpha value is -1.39. The smallest absolute Gasteiger partial charge is 0.128 e. The highest BCUT2D eigenvalue weighted by Crippen LogP contribution is 2.33. The normalized spacial score (nSPS) is 12.3. The van der Waals surface area contributed by atoms with Crippen LogP contribution in [-0.4, -0.2) is 17.2 Å². The zero-order chi connectivity index (χ0) is 14.0. The van der Waals surface area contributed by atoms with Crippen molar-refractivity contribution < 1.29 is 9.84 Å². The van der Waals surface area contributed by atoms with Crippen molar-refractivity contribution >= 4 is 15.9 Å². The summed E-state index contributed by atoms with van der Waals surface area (Å²) in [7, 11) is 1.62. The van der Waals surface area contributed by atoms with Crippen molar-refractivity contribution in [3.8, 4) is 5.75 Å². The summed E-state index contributed by atoms with van der Waals surface area (Å²) in [5.41, 5.74) is 3.51. The number of methoxy groups -OCH3 is 1. The number of aliphatic hydroxyl groups excluding tert-OH is 1. The topological polar surface area (TPSA) is 42.4 Å². The third-order valence-corrected chi connectivity index (χ3v) is 3.71. The van der Waals surface area contributed by atoms with Gasteiger partial charge >= 0.3 is 0 Å². The molecule has 0 radical (unpaired) electrons. The molecule has 0 saturated carbocycles. The summed E-state index contributed by atoms with van der Waals surface area (Å²) in [5, 5.41) is 10.5. The zero-order valence-electron chi connectivity index (χ0n) is 11.1. The Morgan fingerprint density at radius 1 is 1.21 bits per heavy atom. The molecule has 19 heavy (non-hydrogen) atoms. The van der Waals surface area contributed by atoms with E-state index in [-0.39, 0.29) is 0 Å². The standard InChI is InChI=1S/C15H16BrNO2/c1-9-4-6-12(15(19-3)10(9)2)14(18)13-7-5-11(16)8-17-13/h4-8,14,18H,1-3H3. The highest BCUT2D eigenvalue weighted by molar-refractivity contribution is 9.10. The van der Waals surface area contributed by atoms with Crippen LogP contribution < -0.4 is 4.74 Å². The second-order valence-electron chi connectivity index (χ2n) is 4.43. The Morgan fingerprint density at radius 3 is 2.53 bits per heavy atom. The number of rotatable bonds is 3. The Labute approximate surface area is 121 Å². The number of aliphatic hydroxyl groups is 1. The number of aryl methyl sites for hydroxylation is 1. The lowest BCUT2D eigenvalue weighted by molar-refractivity contribution is 0.209. The molecule has 100 valence electrons. The first-order valence-electron chi connectivity index (χ1n) is 5.98. The van der Waals surface area contributed by atoms with Gasteiger partial charge < -0.3 is 9.84 Å². The van der Waals surface area contributed by atoms with E-state index >= 15 is 0 Å². The summed E-state index contributed by atoms with van der Waals surface area (Å²) in [5.74, 6) is 0.720. The minimum atomic E-state index is -0.789. The number of aromatic nitrogens is 1. The van der Waals surface area contributed by atoms with Crippen LogP contribution in [0.15, 0.2) is 34.9 Å². The van der Waals surface area contributed by atoms with Crippen LogP contribution in [0.25, 0.3) is 0 Å². The fraction of sp³-hybridized carbons (Fsp3) is 0.267. The molecule has 1 unspecified atom stereocenters. The van der Waals surface area contributed by atoms with Gasteiger partial charge in [0.05, 0.1) is 12.8 Å². The molecule has 0 aliphatic heterocycles. The van der Waals surface area contributed by atoms with Crippen LogP contribution in [-0.2, 0) is 0 Å². The van der Waals surface area contributed by atoms with Crippen LogP contribution in [0, 0.1) is 13.8 Å². The van der Waals surface area contributed by atoms with Crippen LogP contribution in [0.1, 0.15) is 28.5 Å². The fourth-order valence-corrected chi connectivity index (χ4v) is 2.24. The molecule has 0 aliphatic rings. The molecule has 1 aromatic carbocycles. The van der Waals surface area contributed by atoms with Gasteiger partial charge in [-0.05, 0) is 53.0 Å². The Kier molecular flexibility index (Phi) is 4.22. The van der Waals surface area contributed by atoms with Gasteiger partial charge in [0.25, 0.3) is 0 Å². The Balaban J connectivity index is 2.46. The number of hydrogen-bond acceptors (Lipinski definition) is 3. The Bertz CT molecular complexity index is 581. The second kappa shape index (κ2) is 5.72. The van der Waals surface area contributed by atoms with Gasteiger partial charge in [0.1, 0.15) is 11.9 Å². The largest absolute Gasteiger partial charge is 0.496 e. The lowest BCUT2D eigenvalue weighted by atomic mass is 9.99. The van der Waals surface area contributed by atoms with Crippen LogP contribution >= 0.6 is 15.9 Å². The third kappa shape index (κ3) is 2.80. The lowest BCUT2D eigenvalue weighted by Gasteiger charge is -2.17. The molecule has 1 atom stereocenters. The van der Waals surface area contributed by atoms with Crippen molar-refractivity contribution in [2.75, 3.05) is 7.11 Å². The van der Waals surface area contributed by atoms with E-state index in [1.807, 2.05) is 32.0 Å². The number of hydrogen-bond donors (Lipinski definition) is 1. The van der Waals surface area contributed by atoms with E-state index in [0.29, 0.717) is 5.69 Å². The molecule has 0 aliphatic carbocycles. The number of benzene rings is 1. The van der Waals surface area contributed by atoms with Crippen molar-refractivity contribution in [1.29, 1.82) is 0 Å². The predicted molar refractivity (Wildman–Crippen MR) is 78.5 cm³/mol. The molecule has 3 nitrogen and oxygen atoms in total. The van der Waals surface area contributed by atoms with E-state index in [2.05, 4.69) is 20.9 Å². The van der Waals surface area contributed by atoms with Gasteiger partial charge in [-0.3, -0.25) is 4.98 Å². The van der Waals surface area contributed by atoms with Gasteiger partial charge in [-0.25, -0.2) is 0 Å². The molecule has 2 aromatic rings. The molecule has 0 spiro atoms. The molecular formula is C15H16BrNO2. The minimum Gasteiger partial charge on any atom is -0.496 e. The van der Waals surface area contributed by atoms with E-state index in [9.17, 15) is 5.11 Å². The van der Waals surface area contributed by atoms with Crippen molar-refractivity contribution in [3.63, 3.8) is 0 Å². The summed E-state index contributed by atoms with van der Waals surface area (Å²) >= 11 is 3.33. The second-order valence-corrected chi connectivity index (χ2v) is 5.35. The zero-order valence-corrected chi connectivity index (χ0v) is 12.7. The van der Waals surface area contributed by atoms with E-state index in [1.54, 1.807) is 19.4 Å². The first-order chi connectivity index (χ1) is 9.04. The summed E-state index contributed by atoms with van der Waals surface area (Å²) in [6.07, 6.45) is 0.883. The molecule has 1 N–H and O–H groups in total. The van der Waals surface area contributed by atoms with E-state index in [1.165, 1.54) is 0 Å². The number of nitrogens with zero attached hydrogens (tertiary/aromatic N) is 1. The first-order valence-corrected chi connectivity index (χ1v) is 6.77. The summed E-state index contributed by atoms with van der Waals surface area (Å²) < 4.78 is 6.31. The number of pyridine rings is 1. The first kappa shape index (κ1) is 14.0. The summed E-state index contributed by atoms with van der Waals surface area (Å²) in [6, 6.07) is 7.52. The molecule has 0 bridgehead atoms. The van der Waals surface area contributed by atoms with Crippen LogP contribution in [0.2, 0.25) is 0 Å². The van der Waals surface area contributed by atoms with Crippen molar-refractivity contribution in [1.82, 2.24) is 4.98 Å². The predicted octanol–water partition coefficient (Wildman–Crippen LogP) is 3.55. The molecule has 0 fully saturated rings. The molecular weight excluding hydrogens is 306 g/mol. The van der Waals surface area contributed by atoms with Crippen molar-refractivity contribution in [3.05, 3.63) is 57.3 Å². The molecule has 1 aromatic heterocycles. The van der Waals surface area contributed by atoms with E-state index in [0.717, 1.165) is 26.9 Å². The van der Waals surface area contributed by atoms with Gasteiger partial charge in [-0.1, -0.05) is 12.1 Å². The maximum atomic E-state index is 10.5. The Morgan fingerprint density at radius 2 is 1.95 bits per heavy atom. The molecule has 2 rings (SSSR count). The van der Waals surface area contributed by atoms with Crippen LogP contribution in [0.4, 0.5) is 0 Å². The maximum Gasteiger partial charge on any atom is 0.128 e. The van der Waals surface area contributed by atoms with Gasteiger partial charge in [0.2, 0.25) is 0 Å². The summed E-state index contributed by atoms with van der Waals surface area (Å²) in [6.45, 7) is 4.01. The van der Waals surface area contributed by atoms with E-state index in [4.69, 9.17) is 4.74 Å². The lowest BCUT2D eigenvalue weighted by Crippen LogP contribution is -2.06.